The number of ketones is 8. The number of carbonyl (C=O) groups excluding carboxylic acids is 8. The number of halogens is 2. The van der Waals surface area contributed by atoms with Gasteiger partial charge in [0, 0.05) is 45.7 Å². The Morgan fingerprint density at radius 1 is 0.577 bits per heavy atom. The first-order valence-electron chi connectivity index (χ1n) is 24.2. The van der Waals surface area contributed by atoms with Crippen LogP contribution in [-0.2, 0) is 44.8 Å². The molecule has 1 fully saturated rings. The van der Waals surface area contributed by atoms with E-state index in [0.717, 1.165) is 5.56 Å². The summed E-state index contributed by atoms with van der Waals surface area (Å²) in [4.78, 5) is 105. The zero-order valence-electron chi connectivity index (χ0n) is 41.2. The molecular weight excluding hydrogens is 927 g/mol. The zero-order valence-corrected chi connectivity index (χ0v) is 41.2. The SMILES string of the molecule is CC(C)C[C@@H]1NCC(=O)CNCC(F)CC(=O)CNCC(=O)[C@H](CCCNC(=N)N)NCN[C@@H](CCCNC(=N)N)C(=O)CC(=O)CNCC(F)CC(=O)CNCC(=O)[C@H](Cc2ccccc2)NCC1=O. The molecule has 1 heterocycles. The van der Waals surface area contributed by atoms with Crippen molar-refractivity contribution in [2.45, 2.75) is 108 Å². The standard InChI is InChI=1S/C47H78F2N14O8/c1-30(2)14-40-45(71)28-61-41(15-31-8-4-3-5-9-31)44(70)27-57-22-35(65)16-32(48)19-54-23-36(66)18-42(68)38(10-6-12-58-46(50)51)62-29-63-39(11-7-13-59-47(52)53)43(69)26-56-21-34(64)17-33(49)20-55-24-37(67)25-60-40/h3-5,8-9,30,32-33,38-41,54-57,60-63H,6-7,10-29H2,1-2H3,(H4,50,51,58)(H4,52,53,59)/t32?,33?,38-,39-,40-,41-/m0/s1. The first-order chi connectivity index (χ1) is 33.8. The molecule has 71 heavy (non-hydrogen) atoms. The van der Waals surface area contributed by atoms with Crippen molar-refractivity contribution in [2.24, 2.45) is 17.4 Å². The molecule has 22 nitrogen and oxygen atoms in total. The maximum Gasteiger partial charge on any atom is 0.185 e. The summed E-state index contributed by atoms with van der Waals surface area (Å²) in [5, 5.41) is 43.1. The van der Waals surface area contributed by atoms with E-state index in [1.165, 1.54) is 0 Å². The zero-order chi connectivity index (χ0) is 52.6. The first kappa shape index (κ1) is 61.8. The lowest BCUT2D eigenvalue weighted by molar-refractivity contribution is -0.128. The average molecular weight is 1010 g/mol. The van der Waals surface area contributed by atoms with Crippen molar-refractivity contribution in [1.82, 2.24) is 53.2 Å². The molecule has 2 rings (SSSR count). The van der Waals surface area contributed by atoms with Gasteiger partial charge in [0.25, 0.3) is 0 Å². The lowest BCUT2D eigenvalue weighted by Crippen LogP contribution is -2.50. The maximum atomic E-state index is 14.9. The van der Waals surface area contributed by atoms with Gasteiger partial charge in [-0.2, -0.15) is 0 Å². The molecule has 0 amide bonds. The molecule has 1 aliphatic rings. The Bertz CT molecular complexity index is 1880. The predicted molar refractivity (Wildman–Crippen MR) is 265 cm³/mol. The van der Waals surface area contributed by atoms with E-state index in [9.17, 15) is 47.1 Å². The van der Waals surface area contributed by atoms with E-state index in [1.807, 2.05) is 44.2 Å². The van der Waals surface area contributed by atoms with Gasteiger partial charge in [0.05, 0.1) is 82.9 Å². The van der Waals surface area contributed by atoms with E-state index in [4.69, 9.17) is 22.3 Å². The highest BCUT2D eigenvalue weighted by atomic mass is 19.1. The Hall–Kier alpha value is -5.34. The minimum absolute atomic E-state index is 0.0578. The second-order valence-electron chi connectivity index (χ2n) is 18.1. The van der Waals surface area contributed by atoms with E-state index in [1.54, 1.807) is 0 Å². The van der Waals surface area contributed by atoms with Crippen LogP contribution in [0.5, 0.6) is 0 Å². The number of benzene rings is 1. The molecule has 0 aromatic heterocycles. The summed E-state index contributed by atoms with van der Waals surface area (Å²) in [7, 11) is 0. The molecule has 16 N–H and O–H groups in total. The van der Waals surface area contributed by atoms with Gasteiger partial charge in [0.1, 0.15) is 23.9 Å². The number of Topliss-reactive ketones (excluding diaryl/α,β-unsaturated/α-hetero) is 8. The van der Waals surface area contributed by atoms with Gasteiger partial charge in [-0.15, -0.1) is 0 Å². The number of guanidine groups is 2. The van der Waals surface area contributed by atoms with Gasteiger partial charge in [-0.3, -0.25) is 59.8 Å². The van der Waals surface area contributed by atoms with Crippen LogP contribution < -0.4 is 64.6 Å². The molecule has 0 bridgehead atoms. The van der Waals surface area contributed by atoms with Crippen molar-refractivity contribution < 1.29 is 47.1 Å². The summed E-state index contributed by atoms with van der Waals surface area (Å²) < 4.78 is 29.8. The smallest absolute Gasteiger partial charge is 0.185 e. The van der Waals surface area contributed by atoms with Crippen LogP contribution >= 0.6 is 0 Å². The van der Waals surface area contributed by atoms with Crippen molar-refractivity contribution in [1.29, 1.82) is 10.8 Å². The Morgan fingerprint density at radius 3 is 1.56 bits per heavy atom. The Labute approximate surface area is 415 Å². The maximum absolute atomic E-state index is 14.9. The van der Waals surface area contributed by atoms with Crippen LogP contribution in [0.3, 0.4) is 0 Å². The van der Waals surface area contributed by atoms with Crippen LogP contribution in [0.25, 0.3) is 0 Å². The fourth-order valence-corrected chi connectivity index (χ4v) is 7.51. The van der Waals surface area contributed by atoms with Crippen molar-refractivity contribution in [3.8, 4) is 0 Å². The Kier molecular flexibility index (Phi) is 31.1. The molecular formula is C47H78F2N14O8. The summed E-state index contributed by atoms with van der Waals surface area (Å²) >= 11 is 0. The topological polar surface area (TPSA) is 357 Å². The summed E-state index contributed by atoms with van der Waals surface area (Å²) in [6.45, 7) is 1.42. The summed E-state index contributed by atoms with van der Waals surface area (Å²) in [6.07, 6.45) is -3.01. The van der Waals surface area contributed by atoms with Crippen LogP contribution in [0.1, 0.15) is 70.8 Å². The van der Waals surface area contributed by atoms with Crippen LogP contribution in [0.4, 0.5) is 8.78 Å². The monoisotopic (exact) mass is 1000 g/mol. The van der Waals surface area contributed by atoms with Gasteiger partial charge in [0.15, 0.2) is 46.6 Å². The summed E-state index contributed by atoms with van der Waals surface area (Å²) in [5.41, 5.74) is 11.6. The molecule has 6 atom stereocenters. The van der Waals surface area contributed by atoms with Crippen LogP contribution in [0.15, 0.2) is 30.3 Å². The van der Waals surface area contributed by atoms with E-state index in [-0.39, 0.29) is 145 Å². The van der Waals surface area contributed by atoms with E-state index in [2.05, 4.69) is 53.2 Å². The number of hydrogen-bond acceptors (Lipinski definition) is 18. The average Bonchev–Trinajstić information content (AvgIpc) is 3.29. The van der Waals surface area contributed by atoms with Crippen LogP contribution in [0, 0.1) is 16.7 Å². The molecule has 0 spiro atoms. The Morgan fingerprint density at radius 2 is 1.04 bits per heavy atom. The van der Waals surface area contributed by atoms with Crippen LogP contribution in [0.2, 0.25) is 0 Å². The highest BCUT2D eigenvalue weighted by Crippen LogP contribution is 2.09. The van der Waals surface area contributed by atoms with Gasteiger partial charge >= 0.3 is 0 Å². The van der Waals surface area contributed by atoms with Gasteiger partial charge < -0.3 is 54.0 Å². The summed E-state index contributed by atoms with van der Waals surface area (Å²) in [5.74, 6) is -3.89. The Balaban J connectivity index is 2.22. The lowest BCUT2D eigenvalue weighted by atomic mass is 9.98. The molecule has 2 unspecified atom stereocenters. The largest absolute Gasteiger partial charge is 0.370 e. The quantitative estimate of drug-likeness (QED) is 0.0441. The number of carbonyl (C=O) groups is 8. The van der Waals surface area contributed by atoms with Crippen molar-refractivity contribution in [2.75, 3.05) is 85.2 Å². The highest BCUT2D eigenvalue weighted by molar-refractivity contribution is 6.02. The van der Waals surface area contributed by atoms with Gasteiger partial charge in [-0.05, 0) is 50.0 Å². The molecule has 1 aromatic carbocycles. The van der Waals surface area contributed by atoms with Gasteiger partial charge in [-0.25, -0.2) is 8.78 Å². The van der Waals surface area contributed by atoms with Gasteiger partial charge in [0.2, 0.25) is 0 Å². The second kappa shape index (κ2) is 35.7. The predicted octanol–water partition coefficient (Wildman–Crippen LogP) is -2.64. The summed E-state index contributed by atoms with van der Waals surface area (Å²) in [6, 6.07) is 5.81. The molecule has 0 radical (unpaired) electrons. The third kappa shape index (κ3) is 29.6. The molecule has 24 heteroatoms. The molecule has 0 aliphatic carbocycles. The van der Waals surface area contributed by atoms with E-state index >= 15 is 0 Å². The second-order valence-corrected chi connectivity index (χ2v) is 18.1. The third-order valence-electron chi connectivity index (χ3n) is 11.2. The number of hydrogen-bond donors (Lipinski definition) is 14. The van der Waals surface area contributed by atoms with Crippen molar-refractivity contribution >= 4 is 58.2 Å². The molecule has 1 aliphatic heterocycles. The third-order valence-corrected chi connectivity index (χ3v) is 11.2. The number of rotatable bonds is 12. The highest BCUT2D eigenvalue weighted by Gasteiger charge is 2.26. The first-order valence-corrected chi connectivity index (χ1v) is 24.2. The minimum Gasteiger partial charge on any atom is -0.370 e. The minimum atomic E-state index is -1.68. The lowest BCUT2D eigenvalue weighted by Gasteiger charge is -2.22. The van der Waals surface area contributed by atoms with Crippen molar-refractivity contribution in [3.05, 3.63) is 35.9 Å². The number of alkyl halides is 2. The molecule has 398 valence electrons. The van der Waals surface area contributed by atoms with E-state index in [0.29, 0.717) is 19.3 Å². The van der Waals surface area contributed by atoms with Crippen LogP contribution in [-0.4, -0.2) is 180 Å². The fourth-order valence-electron chi connectivity index (χ4n) is 7.51. The van der Waals surface area contributed by atoms with Gasteiger partial charge in [-0.1, -0.05) is 44.2 Å². The number of nitrogens with one attached hydrogen (secondary N) is 12. The molecule has 1 saturated heterocycles. The fraction of sp³-hybridized carbons (Fsp3) is 0.660. The van der Waals surface area contributed by atoms with E-state index < -0.39 is 78.9 Å². The normalized spacial score (nSPS) is 24.4. The molecule has 0 saturated carbocycles. The number of nitrogens with two attached hydrogens (primary N) is 2. The van der Waals surface area contributed by atoms with Crippen molar-refractivity contribution in [3.63, 3.8) is 0 Å². The molecule has 1 aromatic rings.